The molecule has 0 amide bonds. The van der Waals surface area contributed by atoms with Gasteiger partial charge in [0.2, 0.25) is 0 Å². The van der Waals surface area contributed by atoms with Crippen molar-refractivity contribution in [2.45, 2.75) is 6.42 Å². The van der Waals surface area contributed by atoms with Crippen LogP contribution in [0.3, 0.4) is 0 Å². The smallest absolute Gasteiger partial charge is 0.199 e. The SMILES string of the molecule is C[N+](C)=C1C=CC(=C/C=C2\C=C(c3ccccc3)C3=C(O2)c2ccccc2C3)C=C1. The Morgan fingerprint density at radius 3 is 2.33 bits per heavy atom. The molecule has 2 aromatic rings. The van der Waals surface area contributed by atoms with Gasteiger partial charge < -0.3 is 4.74 Å². The summed E-state index contributed by atoms with van der Waals surface area (Å²) in [6.45, 7) is 0. The van der Waals surface area contributed by atoms with Crippen molar-refractivity contribution < 1.29 is 9.31 Å². The number of hydrogen-bond donors (Lipinski definition) is 0. The second-order valence-electron chi connectivity index (χ2n) is 7.89. The van der Waals surface area contributed by atoms with Crippen LogP contribution in [-0.4, -0.2) is 24.4 Å². The van der Waals surface area contributed by atoms with E-state index in [4.69, 9.17) is 4.74 Å². The summed E-state index contributed by atoms with van der Waals surface area (Å²) < 4.78 is 8.50. The highest BCUT2D eigenvalue weighted by Gasteiger charge is 2.29. The molecule has 0 N–H and O–H groups in total. The minimum absolute atomic E-state index is 0.862. The molecule has 3 aliphatic rings. The predicted molar refractivity (Wildman–Crippen MR) is 124 cm³/mol. The Labute approximate surface area is 177 Å². The van der Waals surface area contributed by atoms with Crippen molar-refractivity contribution in [2.75, 3.05) is 14.1 Å². The second kappa shape index (κ2) is 7.64. The predicted octanol–water partition coefficient (Wildman–Crippen LogP) is 5.72. The van der Waals surface area contributed by atoms with Crippen molar-refractivity contribution >= 4 is 17.0 Å². The van der Waals surface area contributed by atoms with Gasteiger partial charge >= 0.3 is 0 Å². The molecule has 1 heterocycles. The van der Waals surface area contributed by atoms with E-state index in [9.17, 15) is 0 Å². The maximum Gasteiger partial charge on any atom is 0.199 e. The molecule has 0 unspecified atom stereocenters. The number of allylic oxidation sites excluding steroid dienone is 10. The summed E-state index contributed by atoms with van der Waals surface area (Å²) in [4.78, 5) is 0. The number of ether oxygens (including phenoxy) is 1. The molecular weight excluding hydrogens is 366 g/mol. The van der Waals surface area contributed by atoms with Crippen LogP contribution in [-0.2, 0) is 11.2 Å². The van der Waals surface area contributed by atoms with Crippen LogP contribution in [0.5, 0.6) is 0 Å². The summed E-state index contributed by atoms with van der Waals surface area (Å²) in [6.07, 6.45) is 15.8. The standard InChI is InChI=1S/C28H24NO/c1-29(2)23-15-12-20(13-16-23)14-17-24-19-26(21-8-4-3-5-9-21)27-18-22-10-6-7-11-25(22)28(27)30-24/h3-17,19H,18H2,1-2H3/q+1/b24-17+. The van der Waals surface area contributed by atoms with E-state index in [0.717, 1.165) is 23.5 Å². The van der Waals surface area contributed by atoms with E-state index >= 15 is 0 Å². The molecule has 0 aromatic heterocycles. The fourth-order valence-electron chi connectivity index (χ4n) is 4.06. The zero-order valence-corrected chi connectivity index (χ0v) is 17.3. The van der Waals surface area contributed by atoms with Gasteiger partial charge in [0.1, 0.15) is 25.6 Å². The van der Waals surface area contributed by atoms with E-state index < -0.39 is 0 Å². The summed E-state index contributed by atoms with van der Waals surface area (Å²) in [6, 6.07) is 19.1. The first-order valence-electron chi connectivity index (χ1n) is 10.3. The van der Waals surface area contributed by atoms with E-state index in [1.54, 1.807) is 0 Å². The van der Waals surface area contributed by atoms with Crippen molar-refractivity contribution in [1.29, 1.82) is 0 Å². The molecule has 0 spiro atoms. The van der Waals surface area contributed by atoms with Crippen LogP contribution in [0.2, 0.25) is 0 Å². The zero-order valence-electron chi connectivity index (χ0n) is 17.3. The summed E-state index contributed by atoms with van der Waals surface area (Å²) in [5.74, 6) is 1.86. The van der Waals surface area contributed by atoms with E-state index in [-0.39, 0.29) is 0 Å². The third kappa shape index (κ3) is 3.42. The minimum atomic E-state index is 0.862. The Bertz CT molecular complexity index is 1210. The van der Waals surface area contributed by atoms with Crippen LogP contribution in [0.1, 0.15) is 16.7 Å². The van der Waals surface area contributed by atoms with Gasteiger partial charge in [0.05, 0.1) is 0 Å². The van der Waals surface area contributed by atoms with E-state index in [2.05, 4.69) is 116 Å². The molecule has 0 saturated carbocycles. The molecular formula is C28H24NO+. The zero-order chi connectivity index (χ0) is 20.5. The van der Waals surface area contributed by atoms with E-state index in [1.165, 1.54) is 33.5 Å². The van der Waals surface area contributed by atoms with Gasteiger partial charge in [-0.2, -0.15) is 0 Å². The number of fused-ring (bicyclic) bond motifs is 2. The average molecular weight is 391 g/mol. The lowest BCUT2D eigenvalue weighted by Crippen LogP contribution is -2.09. The molecule has 0 radical (unpaired) electrons. The molecule has 0 saturated heterocycles. The van der Waals surface area contributed by atoms with E-state index in [1.807, 2.05) is 0 Å². The van der Waals surface area contributed by atoms with Gasteiger partial charge in [-0.3, -0.25) is 0 Å². The normalized spacial score (nSPS) is 18.2. The number of hydrogen-bond acceptors (Lipinski definition) is 1. The number of nitrogens with zero attached hydrogens (tertiary/aromatic N) is 1. The van der Waals surface area contributed by atoms with Crippen LogP contribution in [0.15, 0.2) is 114 Å². The maximum atomic E-state index is 6.40. The topological polar surface area (TPSA) is 12.2 Å². The fraction of sp³-hybridized carbons (Fsp3) is 0.107. The van der Waals surface area contributed by atoms with Crippen LogP contribution in [0, 0.1) is 0 Å². The lowest BCUT2D eigenvalue weighted by Gasteiger charge is -2.20. The van der Waals surface area contributed by atoms with Crippen molar-refractivity contribution in [2.24, 2.45) is 0 Å². The molecule has 0 atom stereocenters. The average Bonchev–Trinajstić information content (AvgIpc) is 3.17. The van der Waals surface area contributed by atoms with Crippen molar-refractivity contribution in [3.05, 3.63) is 131 Å². The Hall–Kier alpha value is -3.65. The van der Waals surface area contributed by atoms with Gasteiger partial charge in [0, 0.05) is 29.7 Å². The molecule has 2 aliphatic carbocycles. The Kier molecular flexibility index (Phi) is 4.68. The largest absolute Gasteiger partial charge is 0.456 e. The molecule has 30 heavy (non-hydrogen) atoms. The molecule has 0 bridgehead atoms. The molecule has 1 aliphatic heterocycles. The first kappa shape index (κ1) is 18.4. The van der Waals surface area contributed by atoms with Gasteiger partial charge in [-0.15, -0.1) is 0 Å². The first-order valence-corrected chi connectivity index (χ1v) is 10.3. The monoisotopic (exact) mass is 390 g/mol. The fourth-order valence-corrected chi connectivity index (χ4v) is 4.06. The highest BCUT2D eigenvalue weighted by atomic mass is 16.5. The highest BCUT2D eigenvalue weighted by Crippen LogP contribution is 2.44. The first-order chi connectivity index (χ1) is 14.7. The Morgan fingerprint density at radius 2 is 1.57 bits per heavy atom. The summed E-state index contributed by atoms with van der Waals surface area (Å²) >= 11 is 0. The molecule has 2 aromatic carbocycles. The van der Waals surface area contributed by atoms with Crippen molar-refractivity contribution in [3.63, 3.8) is 0 Å². The Balaban J connectivity index is 1.54. The van der Waals surface area contributed by atoms with Crippen molar-refractivity contribution in [3.8, 4) is 0 Å². The van der Waals surface area contributed by atoms with Gasteiger partial charge in [-0.1, -0.05) is 60.7 Å². The van der Waals surface area contributed by atoms with Gasteiger partial charge in [0.25, 0.3) is 0 Å². The third-order valence-electron chi connectivity index (χ3n) is 5.67. The lowest BCUT2D eigenvalue weighted by atomic mass is 9.94. The molecule has 0 fully saturated rings. The number of rotatable bonds is 2. The third-order valence-corrected chi connectivity index (χ3v) is 5.67. The second-order valence-corrected chi connectivity index (χ2v) is 7.89. The van der Waals surface area contributed by atoms with Gasteiger partial charge in [-0.25, -0.2) is 4.58 Å². The maximum absolute atomic E-state index is 6.40. The number of benzene rings is 2. The van der Waals surface area contributed by atoms with E-state index in [0.29, 0.717) is 0 Å². The summed E-state index contributed by atoms with van der Waals surface area (Å²) in [5.41, 5.74) is 8.62. The molecule has 5 rings (SSSR count). The van der Waals surface area contributed by atoms with Crippen LogP contribution in [0.25, 0.3) is 11.3 Å². The Morgan fingerprint density at radius 1 is 0.833 bits per heavy atom. The van der Waals surface area contributed by atoms with Crippen LogP contribution < -0.4 is 0 Å². The molecule has 2 heteroatoms. The molecule has 2 nitrogen and oxygen atoms in total. The quantitative estimate of drug-likeness (QED) is 0.598. The lowest BCUT2D eigenvalue weighted by molar-refractivity contribution is -0.462. The van der Waals surface area contributed by atoms with Crippen LogP contribution in [0.4, 0.5) is 0 Å². The molecule has 146 valence electrons. The highest BCUT2D eigenvalue weighted by molar-refractivity contribution is 6.02. The summed E-state index contributed by atoms with van der Waals surface area (Å²) in [7, 11) is 4.11. The minimum Gasteiger partial charge on any atom is -0.456 e. The van der Waals surface area contributed by atoms with Gasteiger partial charge in [-0.05, 0) is 46.6 Å². The summed E-state index contributed by atoms with van der Waals surface area (Å²) in [5, 5.41) is 0. The van der Waals surface area contributed by atoms with Gasteiger partial charge in [0.15, 0.2) is 5.71 Å². The van der Waals surface area contributed by atoms with Crippen molar-refractivity contribution in [1.82, 2.24) is 0 Å². The van der Waals surface area contributed by atoms with Crippen LogP contribution >= 0.6 is 0 Å².